The van der Waals surface area contributed by atoms with E-state index in [4.69, 9.17) is 10.5 Å². The quantitative estimate of drug-likeness (QED) is 0.766. The summed E-state index contributed by atoms with van der Waals surface area (Å²) in [6, 6.07) is 3.91. The zero-order chi connectivity index (χ0) is 20.9. The maximum Gasteiger partial charge on any atom is 0.252 e. The first-order chi connectivity index (χ1) is 13.7. The number of benzene rings is 1. The van der Waals surface area contributed by atoms with E-state index in [0.29, 0.717) is 13.1 Å². The number of nitrogens with zero attached hydrogens (tertiary/aromatic N) is 4. The van der Waals surface area contributed by atoms with E-state index in [1.54, 1.807) is 4.31 Å². The Hall–Kier alpha value is -2.72. The molecule has 1 aromatic heterocycles. The zero-order valence-electron chi connectivity index (χ0n) is 16.5. The molecule has 3 saturated heterocycles. The van der Waals surface area contributed by atoms with E-state index in [9.17, 15) is 13.2 Å². The Bertz CT molecular complexity index is 1080. The number of aryl methyl sites for hydroxylation is 1. The van der Waals surface area contributed by atoms with Crippen LogP contribution in [0.15, 0.2) is 29.4 Å². The molecule has 2 aromatic rings. The van der Waals surface area contributed by atoms with Crippen LogP contribution in [0.25, 0.3) is 0 Å². The molecule has 0 saturated carbocycles. The van der Waals surface area contributed by atoms with Crippen LogP contribution in [0.2, 0.25) is 0 Å². The summed E-state index contributed by atoms with van der Waals surface area (Å²) in [5, 5.41) is 0. The van der Waals surface area contributed by atoms with Gasteiger partial charge in [0, 0.05) is 36.4 Å². The molecule has 5 rings (SSSR count). The highest BCUT2D eigenvalue weighted by Crippen LogP contribution is 2.39. The number of primary amides is 1. The Kier molecular flexibility index (Phi) is 4.70. The van der Waals surface area contributed by atoms with Crippen LogP contribution in [0.1, 0.15) is 28.0 Å². The number of hydrogen-bond donors (Lipinski definition) is 1. The number of piperidine rings is 1. The van der Waals surface area contributed by atoms with Gasteiger partial charge in [0.05, 0.1) is 17.6 Å². The average Bonchev–Trinajstić information content (AvgIpc) is 2.69. The number of sulfonamides is 1. The number of carbonyl (C=O) groups excluding carboxylic acids is 1. The molecule has 1 amide bonds. The number of nitrogens with two attached hydrogens (primary N) is 1. The van der Waals surface area contributed by atoms with Crippen LogP contribution in [0.5, 0.6) is 5.75 Å². The van der Waals surface area contributed by atoms with Crippen molar-refractivity contribution in [2.45, 2.75) is 37.2 Å². The monoisotopic (exact) mass is 417 g/mol. The number of fused-ring (bicyclic) bond motifs is 2. The second-order valence-electron chi connectivity index (χ2n) is 7.42. The lowest BCUT2D eigenvalue weighted by Gasteiger charge is -2.55. The van der Waals surface area contributed by atoms with E-state index < -0.39 is 15.9 Å². The number of anilines is 1. The number of carbonyl (C=O) groups is 1. The lowest BCUT2D eigenvalue weighted by molar-refractivity contribution is 0.0873. The van der Waals surface area contributed by atoms with Crippen molar-refractivity contribution in [3.8, 4) is 5.75 Å². The number of methoxy groups -OCH3 is 1. The molecule has 1 aromatic carbocycles. The zero-order valence-corrected chi connectivity index (χ0v) is 17.3. The van der Waals surface area contributed by atoms with Crippen LogP contribution in [-0.2, 0) is 10.0 Å². The summed E-state index contributed by atoms with van der Waals surface area (Å²) in [6.45, 7) is 5.03. The van der Waals surface area contributed by atoms with Crippen molar-refractivity contribution in [1.82, 2.24) is 14.3 Å². The molecular formula is C19H23N5O4S. The third kappa shape index (κ3) is 3.12. The molecule has 2 atom stereocenters. The van der Waals surface area contributed by atoms with Gasteiger partial charge in [-0.1, -0.05) is 0 Å². The molecule has 2 bridgehead atoms. The smallest absolute Gasteiger partial charge is 0.252 e. The van der Waals surface area contributed by atoms with Crippen molar-refractivity contribution in [3.05, 3.63) is 41.3 Å². The molecule has 0 aliphatic carbocycles. The van der Waals surface area contributed by atoms with Crippen molar-refractivity contribution < 1.29 is 17.9 Å². The standard InChI is InChI=1S/C19H23N5O4S/c1-11-12(2)21-10-22-19(11)23-8-13-6-14(9-23)24(13)29(26,27)15-4-5-17(28-3)16(7-15)18(20)25/h4-5,7,10,13-14H,6,8-9H2,1-3H3,(H2,20,25). The summed E-state index contributed by atoms with van der Waals surface area (Å²) in [5.74, 6) is 0.370. The third-order valence-electron chi connectivity index (χ3n) is 5.75. The SMILES string of the molecule is COc1ccc(S(=O)(=O)N2C3CC2CN(c2ncnc(C)c2C)C3)cc1C(N)=O. The predicted octanol–water partition coefficient (Wildman–Crippen LogP) is 0.853. The van der Waals surface area contributed by atoms with Crippen LogP contribution in [0, 0.1) is 13.8 Å². The van der Waals surface area contributed by atoms with Crippen molar-refractivity contribution >= 4 is 21.7 Å². The number of hydrogen-bond acceptors (Lipinski definition) is 7. The van der Waals surface area contributed by atoms with E-state index in [-0.39, 0.29) is 28.3 Å². The van der Waals surface area contributed by atoms with Gasteiger partial charge >= 0.3 is 0 Å². The molecule has 154 valence electrons. The van der Waals surface area contributed by atoms with Gasteiger partial charge in [-0.25, -0.2) is 18.4 Å². The molecule has 3 fully saturated rings. The molecule has 10 heteroatoms. The van der Waals surface area contributed by atoms with Gasteiger partial charge in [0.2, 0.25) is 10.0 Å². The Balaban J connectivity index is 1.60. The number of aromatic nitrogens is 2. The van der Waals surface area contributed by atoms with Crippen molar-refractivity contribution in [2.75, 3.05) is 25.1 Å². The van der Waals surface area contributed by atoms with Crippen LogP contribution in [-0.4, -0.2) is 60.9 Å². The van der Waals surface area contributed by atoms with Crippen LogP contribution in [0.4, 0.5) is 5.82 Å². The summed E-state index contributed by atoms with van der Waals surface area (Å²) in [6.07, 6.45) is 2.34. The van der Waals surface area contributed by atoms with E-state index in [1.807, 2.05) is 13.8 Å². The van der Waals surface area contributed by atoms with Gasteiger partial charge in [-0.3, -0.25) is 4.79 Å². The van der Waals surface area contributed by atoms with Crippen LogP contribution < -0.4 is 15.4 Å². The number of ether oxygens (including phenoxy) is 1. The lowest BCUT2D eigenvalue weighted by atomic mass is 9.91. The average molecular weight is 417 g/mol. The number of piperazine rings is 1. The van der Waals surface area contributed by atoms with Crippen LogP contribution in [0.3, 0.4) is 0 Å². The fourth-order valence-corrected chi connectivity index (χ4v) is 5.99. The first kappa shape index (κ1) is 19.6. The fourth-order valence-electron chi connectivity index (χ4n) is 4.15. The Morgan fingerprint density at radius 3 is 2.52 bits per heavy atom. The molecule has 2 N–H and O–H groups in total. The van der Waals surface area contributed by atoms with E-state index >= 15 is 0 Å². The largest absolute Gasteiger partial charge is 0.496 e. The summed E-state index contributed by atoms with van der Waals surface area (Å²) in [7, 11) is -2.35. The topological polar surface area (TPSA) is 119 Å². The first-order valence-corrected chi connectivity index (χ1v) is 10.7. The van der Waals surface area contributed by atoms with Gasteiger partial charge in [0.25, 0.3) is 5.91 Å². The molecule has 3 aliphatic rings. The Morgan fingerprint density at radius 1 is 1.21 bits per heavy atom. The minimum absolute atomic E-state index is 0.0457. The molecule has 4 heterocycles. The lowest BCUT2D eigenvalue weighted by Crippen LogP contribution is -2.70. The van der Waals surface area contributed by atoms with Gasteiger partial charge in [-0.05, 0) is 38.5 Å². The maximum atomic E-state index is 13.3. The van der Waals surface area contributed by atoms with Crippen LogP contribution >= 0.6 is 0 Å². The van der Waals surface area contributed by atoms with Crippen molar-refractivity contribution in [2.24, 2.45) is 5.73 Å². The minimum Gasteiger partial charge on any atom is -0.496 e. The summed E-state index contributed by atoms with van der Waals surface area (Å²) < 4.78 is 33.2. The minimum atomic E-state index is -3.76. The van der Waals surface area contributed by atoms with Crippen molar-refractivity contribution in [3.63, 3.8) is 0 Å². The third-order valence-corrected chi connectivity index (χ3v) is 7.75. The van der Waals surface area contributed by atoms with E-state index in [1.165, 1.54) is 31.6 Å². The second kappa shape index (κ2) is 6.96. The summed E-state index contributed by atoms with van der Waals surface area (Å²) in [5.41, 5.74) is 7.35. The molecule has 0 spiro atoms. The van der Waals surface area contributed by atoms with Gasteiger partial charge in [0.15, 0.2) is 0 Å². The Labute approximate surface area is 169 Å². The van der Waals surface area contributed by atoms with E-state index in [0.717, 1.165) is 23.5 Å². The van der Waals surface area contributed by atoms with Gasteiger partial charge in [-0.2, -0.15) is 4.31 Å². The van der Waals surface area contributed by atoms with Gasteiger partial charge in [-0.15, -0.1) is 0 Å². The highest BCUT2D eigenvalue weighted by molar-refractivity contribution is 7.89. The van der Waals surface area contributed by atoms with Gasteiger partial charge < -0.3 is 15.4 Å². The summed E-state index contributed by atoms with van der Waals surface area (Å²) >= 11 is 0. The number of amides is 1. The first-order valence-electron chi connectivity index (χ1n) is 9.28. The molecule has 3 aliphatic heterocycles. The van der Waals surface area contributed by atoms with E-state index in [2.05, 4.69) is 14.9 Å². The second-order valence-corrected chi connectivity index (χ2v) is 9.26. The molecule has 0 radical (unpaired) electrons. The molecule has 2 unspecified atom stereocenters. The molecule has 29 heavy (non-hydrogen) atoms. The Morgan fingerprint density at radius 2 is 1.90 bits per heavy atom. The highest BCUT2D eigenvalue weighted by atomic mass is 32.2. The molecule has 9 nitrogen and oxygen atoms in total. The number of rotatable bonds is 5. The highest BCUT2D eigenvalue weighted by Gasteiger charge is 2.51. The van der Waals surface area contributed by atoms with Crippen molar-refractivity contribution in [1.29, 1.82) is 0 Å². The maximum absolute atomic E-state index is 13.3. The van der Waals surface area contributed by atoms with Gasteiger partial charge in [0.1, 0.15) is 17.9 Å². The predicted molar refractivity (Wildman–Crippen MR) is 106 cm³/mol. The summed E-state index contributed by atoms with van der Waals surface area (Å²) in [4.78, 5) is 22.4. The molecular weight excluding hydrogens is 394 g/mol. The fraction of sp³-hybridized carbons (Fsp3) is 0.421. The normalized spacial score (nSPS) is 21.6.